The lowest BCUT2D eigenvalue weighted by molar-refractivity contribution is -0.138. The van der Waals surface area contributed by atoms with Gasteiger partial charge in [0.2, 0.25) is 0 Å². The van der Waals surface area contributed by atoms with Gasteiger partial charge in [-0.05, 0) is 62.7 Å². The van der Waals surface area contributed by atoms with Gasteiger partial charge in [0.1, 0.15) is 16.4 Å². The van der Waals surface area contributed by atoms with E-state index in [4.69, 9.17) is 21.1 Å². The number of nitrogens with zero attached hydrogens (tertiary/aromatic N) is 2. The van der Waals surface area contributed by atoms with E-state index in [2.05, 4.69) is 9.56 Å². The summed E-state index contributed by atoms with van der Waals surface area (Å²) in [5.74, 6) is -0.730. The maximum absolute atomic E-state index is 12.6. The summed E-state index contributed by atoms with van der Waals surface area (Å²) in [4.78, 5) is 17.6. The first-order valence-corrected chi connectivity index (χ1v) is 11.1. The van der Waals surface area contributed by atoms with E-state index in [-0.39, 0.29) is 17.9 Å². The van der Waals surface area contributed by atoms with Gasteiger partial charge < -0.3 is 19.1 Å². The Morgan fingerprint density at radius 1 is 1.29 bits per heavy atom. The van der Waals surface area contributed by atoms with Crippen molar-refractivity contribution in [2.24, 2.45) is 4.99 Å². The van der Waals surface area contributed by atoms with E-state index in [0.29, 0.717) is 27.3 Å². The second-order valence-electron chi connectivity index (χ2n) is 6.92. The molecule has 0 aliphatic carbocycles. The second kappa shape index (κ2) is 10.2. The van der Waals surface area contributed by atoms with Crippen LogP contribution in [0.1, 0.15) is 23.9 Å². The van der Waals surface area contributed by atoms with Crippen molar-refractivity contribution in [3.63, 3.8) is 0 Å². The van der Waals surface area contributed by atoms with Gasteiger partial charge in [-0.25, -0.2) is 9.79 Å². The van der Waals surface area contributed by atoms with Crippen LogP contribution < -0.4 is 0 Å². The van der Waals surface area contributed by atoms with Crippen molar-refractivity contribution in [3.05, 3.63) is 68.5 Å². The van der Waals surface area contributed by atoms with E-state index in [9.17, 15) is 9.90 Å². The van der Waals surface area contributed by atoms with E-state index >= 15 is 0 Å². The molecule has 2 aromatic rings. The molecule has 0 saturated carbocycles. The number of aryl methyl sites for hydroxylation is 1. The largest absolute Gasteiger partial charge is 0.506 e. The summed E-state index contributed by atoms with van der Waals surface area (Å²) in [5, 5.41) is 11.8. The van der Waals surface area contributed by atoms with Crippen LogP contribution in [0.25, 0.3) is 6.08 Å². The van der Waals surface area contributed by atoms with Crippen LogP contribution in [0.2, 0.25) is 5.02 Å². The Hall–Kier alpha value is -2.48. The van der Waals surface area contributed by atoms with Gasteiger partial charge in [-0.1, -0.05) is 23.4 Å². The zero-order chi connectivity index (χ0) is 22.5. The summed E-state index contributed by atoms with van der Waals surface area (Å²) >= 11 is 7.19. The molecule has 0 spiro atoms. The number of halogens is 1. The lowest BCUT2D eigenvalue weighted by Gasteiger charge is -2.08. The monoisotopic (exact) mass is 460 g/mol. The number of aromatic nitrogens is 1. The number of esters is 1. The van der Waals surface area contributed by atoms with Crippen LogP contribution in [0.5, 0.6) is 0 Å². The molecular weight excluding hydrogens is 436 g/mol. The normalized spacial score (nSPS) is 16.5. The fourth-order valence-electron chi connectivity index (χ4n) is 3.27. The molecule has 164 valence electrons. The van der Waals surface area contributed by atoms with Crippen molar-refractivity contribution in [1.29, 1.82) is 0 Å². The summed E-state index contributed by atoms with van der Waals surface area (Å²) < 4.78 is 12.5. The lowest BCUT2D eigenvalue weighted by atomic mass is 10.2. The highest BCUT2D eigenvalue weighted by atomic mass is 35.5. The minimum Gasteiger partial charge on any atom is -0.506 e. The van der Waals surface area contributed by atoms with Crippen LogP contribution in [0, 0.1) is 13.8 Å². The van der Waals surface area contributed by atoms with Crippen molar-refractivity contribution >= 4 is 46.1 Å². The summed E-state index contributed by atoms with van der Waals surface area (Å²) in [5.41, 5.74) is 3.80. The maximum Gasteiger partial charge on any atom is 0.344 e. The molecule has 1 N–H and O–H groups in total. The standard InChI is InChI=1S/C23H25ClN2O4S/c1-5-30-23(28)20-21(27)19(31-22(20)25-18-8-6-17(24)7-9-18)13-16-12-14(2)26(15(16)3)10-11-29-4/h6-9,12-13,27H,5,10-11H2,1-4H3. The number of rotatable bonds is 7. The molecule has 0 bridgehead atoms. The first-order chi connectivity index (χ1) is 14.8. The summed E-state index contributed by atoms with van der Waals surface area (Å²) in [7, 11) is 1.67. The Labute approximate surface area is 191 Å². The third-order valence-corrected chi connectivity index (χ3v) is 6.12. The average molecular weight is 461 g/mol. The topological polar surface area (TPSA) is 73.0 Å². The van der Waals surface area contributed by atoms with Gasteiger partial charge in [-0.2, -0.15) is 0 Å². The molecule has 3 rings (SSSR count). The van der Waals surface area contributed by atoms with E-state index in [1.54, 1.807) is 38.3 Å². The summed E-state index contributed by atoms with van der Waals surface area (Å²) in [6.07, 6.45) is 1.87. The molecule has 0 atom stereocenters. The van der Waals surface area contributed by atoms with Crippen molar-refractivity contribution in [2.75, 3.05) is 20.3 Å². The van der Waals surface area contributed by atoms with Crippen molar-refractivity contribution < 1.29 is 19.4 Å². The molecule has 1 aromatic heterocycles. The SMILES string of the molecule is CCOC(=O)C1=C(O)C(=Cc2cc(C)n(CCOC)c2C)SC1=Nc1ccc(Cl)cc1. The number of carbonyl (C=O) groups is 1. The van der Waals surface area contributed by atoms with E-state index < -0.39 is 5.97 Å². The number of carbonyl (C=O) groups excluding carboxylic acids is 1. The first-order valence-electron chi connectivity index (χ1n) is 9.86. The van der Waals surface area contributed by atoms with Gasteiger partial charge in [0, 0.05) is 30.1 Å². The molecule has 1 aliphatic heterocycles. The molecule has 0 amide bonds. The predicted octanol–water partition coefficient (Wildman–Crippen LogP) is 5.60. The number of thioether (sulfide) groups is 1. The maximum atomic E-state index is 12.6. The Bertz CT molecular complexity index is 1070. The highest BCUT2D eigenvalue weighted by Crippen LogP contribution is 2.40. The molecule has 1 aromatic carbocycles. The van der Waals surface area contributed by atoms with Crippen LogP contribution in [0.15, 0.2) is 51.6 Å². The van der Waals surface area contributed by atoms with Gasteiger partial charge in [0.15, 0.2) is 0 Å². The van der Waals surface area contributed by atoms with Gasteiger partial charge in [-0.15, -0.1) is 0 Å². The highest BCUT2D eigenvalue weighted by molar-refractivity contribution is 8.18. The zero-order valence-electron chi connectivity index (χ0n) is 17.9. The number of methoxy groups -OCH3 is 1. The van der Waals surface area contributed by atoms with E-state index in [1.807, 2.05) is 26.0 Å². The van der Waals surface area contributed by atoms with Crippen LogP contribution in [-0.2, 0) is 20.8 Å². The van der Waals surface area contributed by atoms with Crippen molar-refractivity contribution in [2.45, 2.75) is 27.3 Å². The number of aliphatic imine (C=N–C) groups is 1. The first kappa shape index (κ1) is 23.2. The highest BCUT2D eigenvalue weighted by Gasteiger charge is 2.33. The number of aliphatic hydroxyl groups is 1. The molecule has 1 aliphatic rings. The molecule has 8 heteroatoms. The molecule has 0 fully saturated rings. The van der Waals surface area contributed by atoms with Gasteiger partial charge >= 0.3 is 5.97 Å². The Kier molecular flexibility index (Phi) is 7.64. The quantitative estimate of drug-likeness (QED) is 0.544. The van der Waals surface area contributed by atoms with Crippen molar-refractivity contribution in [1.82, 2.24) is 4.57 Å². The molecule has 0 unspecified atom stereocenters. The number of benzene rings is 1. The van der Waals surface area contributed by atoms with Crippen LogP contribution in [-0.4, -0.2) is 41.0 Å². The number of aliphatic hydroxyl groups excluding tert-OH is 1. The molecule has 6 nitrogen and oxygen atoms in total. The fourth-order valence-corrected chi connectivity index (χ4v) is 4.42. The zero-order valence-corrected chi connectivity index (χ0v) is 19.5. The molecule has 31 heavy (non-hydrogen) atoms. The summed E-state index contributed by atoms with van der Waals surface area (Å²) in [6.45, 7) is 7.32. The number of hydrogen-bond donors (Lipinski definition) is 1. The number of hydrogen-bond acceptors (Lipinski definition) is 6. The Morgan fingerprint density at radius 2 is 2.00 bits per heavy atom. The minimum atomic E-state index is -0.603. The minimum absolute atomic E-state index is 0.0706. The van der Waals surface area contributed by atoms with Gasteiger partial charge in [-0.3, -0.25) is 0 Å². The van der Waals surface area contributed by atoms with Gasteiger partial charge in [0.25, 0.3) is 0 Å². The van der Waals surface area contributed by atoms with Crippen LogP contribution in [0.4, 0.5) is 5.69 Å². The average Bonchev–Trinajstić information content (AvgIpc) is 3.18. The van der Waals surface area contributed by atoms with E-state index in [1.165, 1.54) is 11.8 Å². The Morgan fingerprint density at radius 3 is 2.65 bits per heavy atom. The molecule has 2 heterocycles. The third-order valence-electron chi connectivity index (χ3n) is 4.85. The lowest BCUT2D eigenvalue weighted by Crippen LogP contribution is -2.12. The fraction of sp³-hybridized carbons (Fsp3) is 0.304. The Balaban J connectivity index is 2.02. The van der Waals surface area contributed by atoms with Crippen LogP contribution in [0.3, 0.4) is 0 Å². The van der Waals surface area contributed by atoms with Crippen LogP contribution >= 0.6 is 23.4 Å². The second-order valence-corrected chi connectivity index (χ2v) is 8.39. The smallest absolute Gasteiger partial charge is 0.344 e. The van der Waals surface area contributed by atoms with Gasteiger partial charge in [0.05, 0.1) is 23.8 Å². The molecule has 0 saturated heterocycles. The van der Waals surface area contributed by atoms with Crippen molar-refractivity contribution in [3.8, 4) is 0 Å². The third kappa shape index (κ3) is 5.23. The van der Waals surface area contributed by atoms with E-state index in [0.717, 1.165) is 23.5 Å². The predicted molar refractivity (Wildman–Crippen MR) is 126 cm³/mol. The summed E-state index contributed by atoms with van der Waals surface area (Å²) in [6, 6.07) is 8.99. The molecular formula is C23H25ClN2O4S. The number of ether oxygens (including phenoxy) is 2. The molecule has 0 radical (unpaired) electrons.